The molecule has 94 valence electrons. The first-order valence-corrected chi connectivity index (χ1v) is 7.00. The summed E-state index contributed by atoms with van der Waals surface area (Å²) in [5.74, 6) is 0. The second kappa shape index (κ2) is 5.12. The Morgan fingerprint density at radius 2 is 2.29 bits per heavy atom. The molecule has 1 aliphatic rings. The van der Waals surface area contributed by atoms with Gasteiger partial charge in [-0.15, -0.1) is 11.8 Å². The van der Waals surface area contributed by atoms with Crippen molar-refractivity contribution in [1.29, 1.82) is 0 Å². The molecule has 0 spiro atoms. The van der Waals surface area contributed by atoms with Crippen molar-refractivity contribution in [3.8, 4) is 0 Å². The monoisotopic (exact) mass is 368 g/mol. The zero-order valence-corrected chi connectivity index (χ0v) is 11.6. The fourth-order valence-corrected chi connectivity index (χ4v) is 3.54. The van der Waals surface area contributed by atoms with Gasteiger partial charge in [0.25, 0.3) is 5.56 Å². The van der Waals surface area contributed by atoms with Gasteiger partial charge in [-0.05, 0) is 22.6 Å². The first-order chi connectivity index (χ1) is 8.02. The molecule has 1 aromatic heterocycles. The van der Waals surface area contributed by atoms with Crippen molar-refractivity contribution in [2.24, 2.45) is 0 Å². The summed E-state index contributed by atoms with van der Waals surface area (Å²) in [4.78, 5) is 25.1. The molecule has 8 heteroatoms. The zero-order valence-electron chi connectivity index (χ0n) is 8.67. The second-order valence-corrected chi connectivity index (χ2v) is 6.34. The maximum atomic E-state index is 11.6. The van der Waals surface area contributed by atoms with Gasteiger partial charge in [0.05, 0.1) is 26.9 Å². The van der Waals surface area contributed by atoms with E-state index in [9.17, 15) is 14.7 Å². The number of nitrogens with zero attached hydrogens (tertiary/aromatic N) is 1. The van der Waals surface area contributed by atoms with E-state index in [0.717, 1.165) is 0 Å². The van der Waals surface area contributed by atoms with Gasteiger partial charge in [-0.3, -0.25) is 14.3 Å². The number of H-pyrrole nitrogens is 1. The fraction of sp³-hybridized carbons (Fsp3) is 0.556. The molecule has 2 rings (SSSR count). The highest BCUT2D eigenvalue weighted by atomic mass is 125. The molecule has 2 heterocycles. The van der Waals surface area contributed by atoms with E-state index in [-0.39, 0.29) is 17.2 Å². The molecule has 3 atom stereocenters. The summed E-state index contributed by atoms with van der Waals surface area (Å²) in [5.41, 5.74) is -0.896. The molecule has 1 aromatic rings. The number of halogens is 1. The molecule has 0 saturated carbocycles. The SMILES string of the molecule is O=c1[nH]c(=O)n([C@H]2C[C@H](O)[C@@H](CO)S2)cc1[125I]. The van der Waals surface area contributed by atoms with E-state index < -0.39 is 17.4 Å². The van der Waals surface area contributed by atoms with Crippen molar-refractivity contribution in [2.75, 3.05) is 6.61 Å². The summed E-state index contributed by atoms with van der Waals surface area (Å²) in [5, 5.41) is 18.2. The molecule has 0 radical (unpaired) electrons. The summed E-state index contributed by atoms with van der Waals surface area (Å²) in [6.07, 6.45) is 1.23. The number of rotatable bonds is 2. The van der Waals surface area contributed by atoms with Gasteiger partial charge in [0.2, 0.25) is 0 Å². The minimum absolute atomic E-state index is 0.127. The number of hydrogen-bond acceptors (Lipinski definition) is 5. The van der Waals surface area contributed by atoms with E-state index in [0.29, 0.717) is 9.99 Å². The number of aromatic amines is 1. The van der Waals surface area contributed by atoms with Crippen molar-refractivity contribution in [3.63, 3.8) is 0 Å². The largest absolute Gasteiger partial charge is 0.395 e. The minimum Gasteiger partial charge on any atom is -0.395 e. The predicted octanol–water partition coefficient (Wildman–Crippen LogP) is -0.502. The van der Waals surface area contributed by atoms with Gasteiger partial charge in [0.15, 0.2) is 0 Å². The molecular weight excluding hydrogens is 357 g/mol. The van der Waals surface area contributed by atoms with Crippen molar-refractivity contribution >= 4 is 34.4 Å². The summed E-state index contributed by atoms with van der Waals surface area (Å²) in [6, 6.07) is 0. The van der Waals surface area contributed by atoms with Crippen LogP contribution in [0.3, 0.4) is 0 Å². The molecule has 6 nitrogen and oxygen atoms in total. The summed E-state index contributed by atoms with van der Waals surface area (Å²) in [6.45, 7) is -0.127. The van der Waals surface area contributed by atoms with Crippen LogP contribution in [-0.4, -0.2) is 37.7 Å². The summed E-state index contributed by atoms with van der Waals surface area (Å²) < 4.78 is 1.82. The average molecular weight is 368 g/mol. The molecular formula is C9H11IN2O4S. The standard InChI is InChI=1S/C9H11IN2O4S/c10-4-2-12(9(16)11-8(4)15)7-1-5(14)6(3-13)17-7/h2,5-7,13-14H,1,3H2,(H,11,15,16)/t5-,6+,7+/m0/s1/i10-2. The van der Waals surface area contributed by atoms with E-state index in [4.69, 9.17) is 5.11 Å². The molecule has 1 fully saturated rings. The summed E-state index contributed by atoms with van der Waals surface area (Å²) >= 11 is 3.19. The van der Waals surface area contributed by atoms with Gasteiger partial charge in [0, 0.05) is 12.6 Å². The molecule has 0 unspecified atom stereocenters. The number of aliphatic hydroxyl groups excluding tert-OH is 2. The Hall–Kier alpha value is -0.320. The predicted molar refractivity (Wildman–Crippen MR) is 72.2 cm³/mol. The first-order valence-electron chi connectivity index (χ1n) is 4.98. The van der Waals surface area contributed by atoms with Gasteiger partial charge >= 0.3 is 5.69 Å². The van der Waals surface area contributed by atoms with Crippen LogP contribution >= 0.6 is 34.4 Å². The molecule has 1 aliphatic heterocycles. The first kappa shape index (κ1) is 13.1. The third kappa shape index (κ3) is 2.59. The van der Waals surface area contributed by atoms with Crippen LogP contribution in [0, 0.1) is 3.57 Å². The molecule has 1 saturated heterocycles. The Kier molecular flexibility index (Phi) is 3.95. The normalized spacial score (nSPS) is 28.5. The second-order valence-electron chi connectivity index (χ2n) is 3.76. The van der Waals surface area contributed by atoms with E-state index in [1.54, 1.807) is 0 Å². The molecule has 0 bridgehead atoms. The molecule has 0 amide bonds. The molecule has 0 aromatic carbocycles. The number of aliphatic hydroxyl groups is 2. The molecule has 0 aliphatic carbocycles. The van der Waals surface area contributed by atoms with Gasteiger partial charge in [-0.1, -0.05) is 0 Å². The lowest BCUT2D eigenvalue weighted by atomic mass is 10.2. The van der Waals surface area contributed by atoms with Crippen molar-refractivity contribution in [1.82, 2.24) is 9.55 Å². The van der Waals surface area contributed by atoms with Gasteiger partial charge in [-0.25, -0.2) is 4.79 Å². The highest BCUT2D eigenvalue weighted by molar-refractivity contribution is 14.1. The quantitative estimate of drug-likeness (QED) is 0.612. The summed E-state index contributed by atoms with van der Waals surface area (Å²) in [7, 11) is 0. The fourth-order valence-electron chi connectivity index (χ4n) is 1.72. The number of thioether (sulfide) groups is 1. The lowest BCUT2D eigenvalue weighted by Gasteiger charge is -2.12. The number of nitrogens with one attached hydrogen (secondary N) is 1. The van der Waals surface area contributed by atoms with Crippen LogP contribution < -0.4 is 11.2 Å². The Bertz CT molecular complexity index is 528. The highest BCUT2D eigenvalue weighted by Gasteiger charge is 2.34. The van der Waals surface area contributed by atoms with Crippen LogP contribution in [0.4, 0.5) is 0 Å². The molecule has 3 N–H and O–H groups in total. The zero-order chi connectivity index (χ0) is 12.6. The Morgan fingerprint density at radius 3 is 2.88 bits per heavy atom. The van der Waals surface area contributed by atoms with Gasteiger partial charge in [-0.2, -0.15) is 0 Å². The van der Waals surface area contributed by atoms with Gasteiger partial charge < -0.3 is 10.2 Å². The third-order valence-electron chi connectivity index (χ3n) is 2.62. The Labute approximate surface area is 114 Å². The van der Waals surface area contributed by atoms with Crippen molar-refractivity contribution in [2.45, 2.75) is 23.1 Å². The third-order valence-corrected chi connectivity index (χ3v) is 4.93. The van der Waals surface area contributed by atoms with Gasteiger partial charge in [0.1, 0.15) is 0 Å². The minimum atomic E-state index is -0.633. The van der Waals surface area contributed by atoms with Crippen LogP contribution in [0.2, 0.25) is 0 Å². The smallest absolute Gasteiger partial charge is 0.329 e. The van der Waals surface area contributed by atoms with E-state index in [1.807, 2.05) is 22.6 Å². The van der Waals surface area contributed by atoms with Crippen LogP contribution in [0.25, 0.3) is 0 Å². The maximum Gasteiger partial charge on any atom is 0.329 e. The molecule has 17 heavy (non-hydrogen) atoms. The number of aromatic nitrogens is 2. The van der Waals surface area contributed by atoms with Crippen LogP contribution in [0.5, 0.6) is 0 Å². The average Bonchev–Trinajstić information content (AvgIpc) is 2.65. The Morgan fingerprint density at radius 1 is 1.59 bits per heavy atom. The van der Waals surface area contributed by atoms with Crippen LogP contribution in [0.15, 0.2) is 15.8 Å². The highest BCUT2D eigenvalue weighted by Crippen LogP contribution is 2.40. The van der Waals surface area contributed by atoms with Crippen molar-refractivity contribution < 1.29 is 10.2 Å². The van der Waals surface area contributed by atoms with E-state index in [1.165, 1.54) is 22.5 Å². The van der Waals surface area contributed by atoms with Crippen LogP contribution in [-0.2, 0) is 0 Å². The van der Waals surface area contributed by atoms with E-state index in [2.05, 4.69) is 4.98 Å². The van der Waals surface area contributed by atoms with Crippen molar-refractivity contribution in [3.05, 3.63) is 30.6 Å². The van der Waals surface area contributed by atoms with E-state index >= 15 is 0 Å². The maximum absolute atomic E-state index is 11.6. The lowest BCUT2D eigenvalue weighted by molar-refractivity contribution is 0.137. The topological polar surface area (TPSA) is 95.3 Å². The lowest BCUT2D eigenvalue weighted by Crippen LogP contribution is -2.32. The Balaban J connectivity index is 2.34. The number of hydrogen-bond donors (Lipinski definition) is 3. The van der Waals surface area contributed by atoms with Crippen LogP contribution in [0.1, 0.15) is 11.8 Å².